The van der Waals surface area contributed by atoms with Crippen LogP contribution < -0.4 is 4.74 Å². The molecule has 0 saturated carbocycles. The van der Waals surface area contributed by atoms with Gasteiger partial charge in [0.25, 0.3) is 5.89 Å². The van der Waals surface area contributed by atoms with E-state index in [4.69, 9.17) is 23.6 Å². The molecule has 3 aromatic rings. The lowest BCUT2D eigenvalue weighted by molar-refractivity contribution is 0.241. The van der Waals surface area contributed by atoms with Crippen LogP contribution in [0.2, 0.25) is 0 Å². The third-order valence-corrected chi connectivity index (χ3v) is 4.85. The normalized spacial score (nSPS) is 12.6. The number of allylic oxidation sites excluding steroid dienone is 1. The molecule has 9 heteroatoms. The second kappa shape index (κ2) is 8.25. The number of nitrogens with zero attached hydrogens (tertiary/aromatic N) is 3. The molecule has 1 aromatic heterocycles. The predicted octanol–water partition coefficient (Wildman–Crippen LogP) is 4.19. The molecular weight excluding hydrogens is 405 g/mol. The Labute approximate surface area is 174 Å². The van der Waals surface area contributed by atoms with E-state index in [0.29, 0.717) is 34.9 Å². The molecule has 0 aliphatic heterocycles. The molecule has 2 N–H and O–H groups in total. The van der Waals surface area contributed by atoms with Crippen LogP contribution in [0.15, 0.2) is 47.0 Å². The summed E-state index contributed by atoms with van der Waals surface area (Å²) in [5, 5.41) is 13.5. The number of ether oxygens (including phenoxy) is 1. The minimum absolute atomic E-state index is 0.0474. The fourth-order valence-corrected chi connectivity index (χ4v) is 3.63. The van der Waals surface area contributed by atoms with Gasteiger partial charge in [-0.3, -0.25) is 0 Å². The van der Waals surface area contributed by atoms with Gasteiger partial charge < -0.3 is 23.6 Å². The lowest BCUT2D eigenvalue weighted by Crippen LogP contribution is -2.06. The van der Waals surface area contributed by atoms with Gasteiger partial charge in [-0.05, 0) is 50.1 Å². The van der Waals surface area contributed by atoms with Gasteiger partial charge in [-0.25, -0.2) is 0 Å². The summed E-state index contributed by atoms with van der Waals surface area (Å²) in [6.07, 6.45) is 2.28. The summed E-state index contributed by atoms with van der Waals surface area (Å²) in [6, 6.07) is 12.8. The van der Waals surface area contributed by atoms with Crippen molar-refractivity contribution >= 4 is 14.4 Å². The van der Waals surface area contributed by atoms with E-state index in [1.54, 1.807) is 24.3 Å². The molecular formula is C21H18N3O5P. The van der Waals surface area contributed by atoms with Crippen LogP contribution in [-0.4, -0.2) is 26.0 Å². The van der Waals surface area contributed by atoms with Gasteiger partial charge in [-0.1, -0.05) is 23.4 Å². The molecule has 1 aliphatic rings. The fraction of sp³-hybridized carbons (Fsp3) is 0.190. The zero-order valence-electron chi connectivity index (χ0n) is 16.2. The Morgan fingerprint density at radius 1 is 1.20 bits per heavy atom. The van der Waals surface area contributed by atoms with Crippen LogP contribution in [0.4, 0.5) is 0 Å². The van der Waals surface area contributed by atoms with Gasteiger partial charge >= 0.3 is 8.60 Å². The fourth-order valence-electron chi connectivity index (χ4n) is 3.28. The number of hydrogen-bond donors (Lipinski definition) is 2. The van der Waals surface area contributed by atoms with Crippen LogP contribution >= 0.6 is 8.60 Å². The summed E-state index contributed by atoms with van der Waals surface area (Å²) < 4.78 is 16.2. The van der Waals surface area contributed by atoms with E-state index in [9.17, 15) is 5.26 Å². The second-order valence-corrected chi connectivity index (χ2v) is 7.55. The molecule has 0 unspecified atom stereocenters. The molecule has 0 amide bonds. The number of fused-ring (bicyclic) bond motifs is 1. The maximum Gasteiger partial charge on any atom is 0.391 e. The van der Waals surface area contributed by atoms with Crippen LogP contribution in [0, 0.1) is 11.3 Å². The van der Waals surface area contributed by atoms with Crippen molar-refractivity contribution in [3.63, 3.8) is 0 Å². The van der Waals surface area contributed by atoms with Crippen LogP contribution in [0.25, 0.3) is 28.6 Å². The van der Waals surface area contributed by atoms with E-state index in [0.717, 1.165) is 16.7 Å². The molecule has 1 aliphatic carbocycles. The van der Waals surface area contributed by atoms with Gasteiger partial charge in [0.15, 0.2) is 0 Å². The van der Waals surface area contributed by atoms with Gasteiger partial charge in [-0.2, -0.15) is 10.2 Å². The maximum absolute atomic E-state index is 9.43. The first-order valence-corrected chi connectivity index (χ1v) is 10.4. The second-order valence-electron chi connectivity index (χ2n) is 6.86. The van der Waals surface area contributed by atoms with Crippen LogP contribution in [0.3, 0.4) is 0 Å². The number of aromatic nitrogens is 2. The highest BCUT2D eigenvalue weighted by Gasteiger charge is 2.23. The van der Waals surface area contributed by atoms with Crippen LogP contribution in [0.5, 0.6) is 5.75 Å². The Hall–Kier alpha value is -3.24. The van der Waals surface area contributed by atoms with Crippen molar-refractivity contribution in [2.75, 3.05) is 0 Å². The minimum atomic E-state index is -2.49. The van der Waals surface area contributed by atoms with Gasteiger partial charge in [0.2, 0.25) is 5.82 Å². The number of benzene rings is 2. The predicted molar refractivity (Wildman–Crippen MR) is 110 cm³/mol. The van der Waals surface area contributed by atoms with Gasteiger partial charge in [-0.15, -0.1) is 0 Å². The zero-order valence-corrected chi connectivity index (χ0v) is 17.1. The van der Waals surface area contributed by atoms with Gasteiger partial charge in [0.1, 0.15) is 17.6 Å². The summed E-state index contributed by atoms with van der Waals surface area (Å²) in [6.45, 7) is 3.79. The Morgan fingerprint density at radius 3 is 2.73 bits per heavy atom. The number of nitriles is 1. The molecule has 2 aromatic carbocycles. The van der Waals surface area contributed by atoms with Crippen molar-refractivity contribution < 1.29 is 23.6 Å². The molecule has 8 nitrogen and oxygen atoms in total. The molecule has 0 fully saturated rings. The molecule has 0 radical (unpaired) electrons. The van der Waals surface area contributed by atoms with E-state index < -0.39 is 8.60 Å². The highest BCUT2D eigenvalue weighted by atomic mass is 31.2. The largest absolute Gasteiger partial charge is 0.490 e. The smallest absolute Gasteiger partial charge is 0.391 e. The lowest BCUT2D eigenvalue weighted by atomic mass is 10.0. The van der Waals surface area contributed by atoms with Crippen molar-refractivity contribution in [1.29, 1.82) is 5.26 Å². The molecule has 0 saturated heterocycles. The zero-order chi connectivity index (χ0) is 21.3. The first kappa shape index (κ1) is 20.0. The van der Waals surface area contributed by atoms with E-state index in [1.807, 2.05) is 32.0 Å². The number of hydrogen-bond acceptors (Lipinski definition) is 8. The summed E-state index contributed by atoms with van der Waals surface area (Å²) >= 11 is 0. The van der Waals surface area contributed by atoms with Crippen LogP contribution in [-0.2, 0) is 10.9 Å². The molecule has 1 heterocycles. The Morgan fingerprint density at radius 2 is 2.00 bits per heavy atom. The quantitative estimate of drug-likeness (QED) is 0.566. The highest BCUT2D eigenvalue weighted by Crippen LogP contribution is 2.41. The lowest BCUT2D eigenvalue weighted by Gasteiger charge is -2.11. The third-order valence-electron chi connectivity index (χ3n) is 4.49. The maximum atomic E-state index is 9.43. The van der Waals surface area contributed by atoms with Crippen molar-refractivity contribution in [2.24, 2.45) is 0 Å². The summed E-state index contributed by atoms with van der Waals surface area (Å²) in [5.41, 5.74) is 3.43. The van der Waals surface area contributed by atoms with Gasteiger partial charge in [0.05, 0.1) is 11.7 Å². The Bertz CT molecular complexity index is 1160. The minimum Gasteiger partial charge on any atom is -0.490 e. The SMILES string of the molecule is CC(C)Oc1ccc(-c2nc(-c3cccc4c3CC=C4OP(O)O)no2)cc1C#N. The summed E-state index contributed by atoms with van der Waals surface area (Å²) in [4.78, 5) is 22.8. The highest BCUT2D eigenvalue weighted by molar-refractivity contribution is 7.39. The van der Waals surface area contributed by atoms with Crippen molar-refractivity contribution in [3.8, 4) is 34.7 Å². The van der Waals surface area contributed by atoms with Crippen molar-refractivity contribution in [1.82, 2.24) is 10.1 Å². The summed E-state index contributed by atoms with van der Waals surface area (Å²) in [5.74, 6) is 1.61. The Kier molecular flexibility index (Phi) is 5.51. The Balaban J connectivity index is 1.65. The monoisotopic (exact) mass is 423 g/mol. The third kappa shape index (κ3) is 3.91. The standard InChI is InChI=1S/C21H18N3O5P/c1-12(2)27-18-8-6-13(10-14(18)11-22)21-23-20(24-28-21)17-5-3-4-16-15(17)7-9-19(16)29-30(25)26/h3-6,8-10,12,25-26H,7H2,1-2H3. The van der Waals surface area contributed by atoms with Gasteiger partial charge in [0, 0.05) is 16.7 Å². The number of rotatable bonds is 6. The first-order valence-electron chi connectivity index (χ1n) is 9.19. The molecule has 4 rings (SSSR count). The molecule has 0 spiro atoms. The molecule has 0 bridgehead atoms. The molecule has 30 heavy (non-hydrogen) atoms. The van der Waals surface area contributed by atoms with E-state index >= 15 is 0 Å². The first-order chi connectivity index (χ1) is 14.5. The van der Waals surface area contributed by atoms with E-state index in [-0.39, 0.29) is 12.0 Å². The van der Waals surface area contributed by atoms with E-state index in [2.05, 4.69) is 16.2 Å². The van der Waals surface area contributed by atoms with Crippen molar-refractivity contribution in [3.05, 3.63) is 59.2 Å². The summed E-state index contributed by atoms with van der Waals surface area (Å²) in [7, 11) is -2.49. The van der Waals surface area contributed by atoms with Crippen molar-refractivity contribution in [2.45, 2.75) is 26.4 Å². The molecule has 152 valence electrons. The van der Waals surface area contributed by atoms with Crippen LogP contribution in [0.1, 0.15) is 30.5 Å². The molecule has 0 atom stereocenters. The topological polar surface area (TPSA) is 122 Å². The average Bonchev–Trinajstić information content (AvgIpc) is 3.35. The average molecular weight is 423 g/mol. The van der Waals surface area contributed by atoms with E-state index in [1.165, 1.54) is 0 Å².